The molecule has 1 aliphatic heterocycles. The Bertz CT molecular complexity index is 400. The summed E-state index contributed by atoms with van der Waals surface area (Å²) in [6.45, 7) is 1.79. The molecule has 78 valence electrons. The Morgan fingerprint density at radius 2 is 2.07 bits per heavy atom. The number of hydrogen-bond acceptors (Lipinski definition) is 3. The van der Waals surface area contributed by atoms with Gasteiger partial charge in [-0.3, -0.25) is 4.79 Å². The molecule has 2 atom stereocenters. The highest BCUT2D eigenvalue weighted by atomic mass is 16.6. The number of hydrogen-bond donors (Lipinski definition) is 1. The maximum Gasteiger partial charge on any atom is 0.230 e. The lowest BCUT2D eigenvalue weighted by atomic mass is 9.93. The standard InChI is InChI=1S/C11H12N2O2/c1-7-9(11(12)14)10(13-15-7)8-5-3-2-4-6-8/h2-7,9H,1H3,(H2,12,14). The molecule has 2 N–H and O–H groups in total. The third-order valence-electron chi connectivity index (χ3n) is 2.46. The monoisotopic (exact) mass is 204 g/mol. The van der Waals surface area contributed by atoms with E-state index in [1.54, 1.807) is 6.92 Å². The molecule has 2 rings (SSSR count). The van der Waals surface area contributed by atoms with Crippen LogP contribution < -0.4 is 5.73 Å². The van der Waals surface area contributed by atoms with E-state index >= 15 is 0 Å². The van der Waals surface area contributed by atoms with Crippen molar-refractivity contribution in [2.75, 3.05) is 0 Å². The van der Waals surface area contributed by atoms with E-state index < -0.39 is 11.8 Å². The molecule has 1 amide bonds. The second-order valence-electron chi connectivity index (χ2n) is 3.53. The van der Waals surface area contributed by atoms with Gasteiger partial charge in [0.15, 0.2) is 0 Å². The van der Waals surface area contributed by atoms with Crippen LogP contribution >= 0.6 is 0 Å². The number of carbonyl (C=O) groups is 1. The Morgan fingerprint density at radius 1 is 1.40 bits per heavy atom. The zero-order valence-electron chi connectivity index (χ0n) is 8.38. The highest BCUT2D eigenvalue weighted by Crippen LogP contribution is 2.22. The fourth-order valence-electron chi connectivity index (χ4n) is 1.69. The molecule has 1 aliphatic rings. The smallest absolute Gasteiger partial charge is 0.230 e. The van der Waals surface area contributed by atoms with E-state index in [0.29, 0.717) is 5.71 Å². The summed E-state index contributed by atoms with van der Waals surface area (Å²) in [6, 6.07) is 9.45. The average Bonchev–Trinajstić information content (AvgIpc) is 2.61. The van der Waals surface area contributed by atoms with Crippen molar-refractivity contribution >= 4 is 11.6 Å². The van der Waals surface area contributed by atoms with Gasteiger partial charge in [0.2, 0.25) is 5.91 Å². The summed E-state index contributed by atoms with van der Waals surface area (Å²) in [5, 5.41) is 3.91. The molecule has 0 saturated carbocycles. The van der Waals surface area contributed by atoms with Crippen molar-refractivity contribution in [2.24, 2.45) is 16.8 Å². The Balaban J connectivity index is 2.34. The second-order valence-corrected chi connectivity index (χ2v) is 3.53. The van der Waals surface area contributed by atoms with Crippen molar-refractivity contribution in [1.29, 1.82) is 0 Å². The lowest BCUT2D eigenvalue weighted by Gasteiger charge is -2.10. The Morgan fingerprint density at radius 3 is 2.67 bits per heavy atom. The third-order valence-corrected chi connectivity index (χ3v) is 2.46. The van der Waals surface area contributed by atoms with Crippen molar-refractivity contribution in [3.8, 4) is 0 Å². The highest BCUT2D eigenvalue weighted by Gasteiger charge is 2.36. The fourth-order valence-corrected chi connectivity index (χ4v) is 1.69. The van der Waals surface area contributed by atoms with E-state index in [-0.39, 0.29) is 6.10 Å². The zero-order valence-corrected chi connectivity index (χ0v) is 8.38. The molecular weight excluding hydrogens is 192 g/mol. The molecular formula is C11H12N2O2. The number of oxime groups is 1. The average molecular weight is 204 g/mol. The summed E-state index contributed by atoms with van der Waals surface area (Å²) < 4.78 is 0. The van der Waals surface area contributed by atoms with E-state index in [2.05, 4.69) is 5.16 Å². The molecule has 4 heteroatoms. The minimum atomic E-state index is -0.451. The minimum absolute atomic E-state index is 0.280. The fraction of sp³-hybridized carbons (Fsp3) is 0.273. The largest absolute Gasteiger partial charge is 0.391 e. The van der Waals surface area contributed by atoms with Crippen molar-refractivity contribution in [3.05, 3.63) is 35.9 Å². The van der Waals surface area contributed by atoms with Crippen LogP contribution in [0.15, 0.2) is 35.5 Å². The predicted molar refractivity (Wildman–Crippen MR) is 56.2 cm³/mol. The van der Waals surface area contributed by atoms with Crippen molar-refractivity contribution < 1.29 is 9.63 Å². The first kappa shape index (κ1) is 9.71. The van der Waals surface area contributed by atoms with Gasteiger partial charge in [0, 0.05) is 5.56 Å². The Kier molecular flexibility index (Phi) is 2.41. The first-order valence-electron chi connectivity index (χ1n) is 4.78. The van der Waals surface area contributed by atoms with Gasteiger partial charge in [-0.15, -0.1) is 0 Å². The van der Waals surface area contributed by atoms with E-state index in [1.165, 1.54) is 0 Å². The molecule has 1 heterocycles. The summed E-state index contributed by atoms with van der Waals surface area (Å²) in [6.07, 6.45) is -0.280. The van der Waals surface area contributed by atoms with E-state index in [9.17, 15) is 4.79 Å². The molecule has 15 heavy (non-hydrogen) atoms. The summed E-state index contributed by atoms with van der Waals surface area (Å²) in [7, 11) is 0. The molecule has 2 unspecified atom stereocenters. The molecule has 0 spiro atoms. The molecule has 4 nitrogen and oxygen atoms in total. The molecule has 1 aromatic rings. The van der Waals surface area contributed by atoms with Gasteiger partial charge in [0.25, 0.3) is 0 Å². The van der Waals surface area contributed by atoms with Gasteiger partial charge >= 0.3 is 0 Å². The van der Waals surface area contributed by atoms with Gasteiger partial charge in [-0.2, -0.15) is 0 Å². The molecule has 0 aromatic heterocycles. The van der Waals surface area contributed by atoms with Gasteiger partial charge in [0.1, 0.15) is 17.7 Å². The van der Waals surface area contributed by atoms with Crippen LogP contribution in [-0.2, 0) is 9.63 Å². The van der Waals surface area contributed by atoms with Gasteiger partial charge in [0.05, 0.1) is 0 Å². The first-order chi connectivity index (χ1) is 7.20. The van der Waals surface area contributed by atoms with E-state index in [4.69, 9.17) is 10.6 Å². The van der Waals surface area contributed by atoms with Crippen LogP contribution in [0.5, 0.6) is 0 Å². The van der Waals surface area contributed by atoms with Crippen LogP contribution in [0.1, 0.15) is 12.5 Å². The number of primary amides is 1. The van der Waals surface area contributed by atoms with Crippen molar-refractivity contribution in [2.45, 2.75) is 13.0 Å². The van der Waals surface area contributed by atoms with Crippen LogP contribution in [0.3, 0.4) is 0 Å². The van der Waals surface area contributed by atoms with Crippen molar-refractivity contribution in [1.82, 2.24) is 0 Å². The maximum atomic E-state index is 11.3. The maximum absolute atomic E-state index is 11.3. The molecule has 0 radical (unpaired) electrons. The van der Waals surface area contributed by atoms with Crippen molar-refractivity contribution in [3.63, 3.8) is 0 Å². The third kappa shape index (κ3) is 1.70. The number of amides is 1. The summed E-state index contributed by atoms with van der Waals surface area (Å²) in [5.41, 5.74) is 6.82. The number of nitrogens with zero attached hydrogens (tertiary/aromatic N) is 1. The normalized spacial score (nSPS) is 24.5. The summed E-state index contributed by atoms with van der Waals surface area (Å²) in [4.78, 5) is 16.3. The lowest BCUT2D eigenvalue weighted by Crippen LogP contribution is -2.35. The predicted octanol–water partition coefficient (Wildman–Crippen LogP) is 0.911. The van der Waals surface area contributed by atoms with Gasteiger partial charge < -0.3 is 10.6 Å². The van der Waals surface area contributed by atoms with Gasteiger partial charge in [-0.25, -0.2) is 0 Å². The zero-order chi connectivity index (χ0) is 10.8. The molecule has 0 aliphatic carbocycles. The second kappa shape index (κ2) is 3.73. The highest BCUT2D eigenvalue weighted by molar-refractivity contribution is 6.13. The van der Waals surface area contributed by atoms with E-state index in [1.807, 2.05) is 30.3 Å². The first-order valence-corrected chi connectivity index (χ1v) is 4.78. The number of nitrogens with two attached hydrogens (primary N) is 1. The van der Waals surface area contributed by atoms with Crippen LogP contribution in [0.4, 0.5) is 0 Å². The molecule has 0 bridgehead atoms. The number of rotatable bonds is 2. The minimum Gasteiger partial charge on any atom is -0.391 e. The number of carbonyl (C=O) groups excluding carboxylic acids is 1. The lowest BCUT2D eigenvalue weighted by molar-refractivity contribution is -0.122. The molecule has 0 fully saturated rings. The number of benzene rings is 1. The van der Waals surface area contributed by atoms with Crippen LogP contribution in [0.25, 0.3) is 0 Å². The quantitative estimate of drug-likeness (QED) is 0.778. The van der Waals surface area contributed by atoms with Gasteiger partial charge in [-0.05, 0) is 6.92 Å². The van der Waals surface area contributed by atoms with E-state index in [0.717, 1.165) is 5.56 Å². The topological polar surface area (TPSA) is 64.7 Å². The Hall–Kier alpha value is -1.84. The SMILES string of the molecule is CC1ON=C(c2ccccc2)C1C(N)=O. The van der Waals surface area contributed by atoms with Crippen LogP contribution in [0.2, 0.25) is 0 Å². The van der Waals surface area contributed by atoms with Crippen LogP contribution in [0, 0.1) is 5.92 Å². The van der Waals surface area contributed by atoms with Crippen LogP contribution in [-0.4, -0.2) is 17.7 Å². The Labute approximate surface area is 87.7 Å². The molecule has 0 saturated heterocycles. The summed E-state index contributed by atoms with van der Waals surface area (Å²) >= 11 is 0. The molecule has 1 aromatic carbocycles. The van der Waals surface area contributed by atoms with Gasteiger partial charge in [-0.1, -0.05) is 35.5 Å². The summed E-state index contributed by atoms with van der Waals surface area (Å²) in [5.74, 6) is -0.852.